The first-order valence-corrected chi connectivity index (χ1v) is 30.0. The lowest BCUT2D eigenvalue weighted by atomic mass is 9.91. The highest BCUT2D eigenvalue weighted by Crippen LogP contribution is 2.53. The molecule has 0 amide bonds. The molecule has 0 saturated heterocycles. The summed E-state index contributed by atoms with van der Waals surface area (Å²) >= 11 is 0. The Bertz CT molecular complexity index is 1660. The molecule has 2 aliphatic rings. The average Bonchev–Trinajstić information content (AvgIpc) is 3.06. The summed E-state index contributed by atoms with van der Waals surface area (Å²) in [4.78, 5) is 24.7. The van der Waals surface area contributed by atoms with Crippen LogP contribution in [0.3, 0.4) is 0 Å². The fourth-order valence-corrected chi connectivity index (χ4v) is 11.7. The molecule has 0 saturated carbocycles. The largest absolute Gasteiger partial charge is 0.459 e. The predicted molar refractivity (Wildman–Crippen MR) is 245 cm³/mol. The van der Waals surface area contributed by atoms with Crippen molar-refractivity contribution >= 4 is 36.0 Å². The third-order valence-electron chi connectivity index (χ3n) is 12.2. The Morgan fingerprint density at radius 3 is 2.08 bits per heavy atom. The summed E-state index contributed by atoms with van der Waals surface area (Å²) < 4.78 is 126. The van der Waals surface area contributed by atoms with E-state index in [1.165, 1.54) is 0 Å². The highest BCUT2D eigenvalue weighted by atomic mass is 31.2. The zero-order valence-corrected chi connectivity index (χ0v) is 42.5. The molecule has 17 heteroatoms. The van der Waals surface area contributed by atoms with Gasteiger partial charge < -0.3 is 32.4 Å². The molecule has 8 nitrogen and oxygen atoms in total. The quantitative estimate of drug-likeness (QED) is 0.0249. The van der Waals surface area contributed by atoms with Gasteiger partial charge in [0.05, 0.1) is 49.5 Å². The van der Waals surface area contributed by atoms with Gasteiger partial charge in [0, 0.05) is 12.8 Å². The smallest absolute Gasteiger partial charge is 0.395 e. The monoisotopic (exact) mass is 956 g/mol. The topological polar surface area (TPSA) is 97.4 Å². The van der Waals surface area contributed by atoms with Crippen molar-refractivity contribution in [2.45, 2.75) is 186 Å². The van der Waals surface area contributed by atoms with Gasteiger partial charge in [-0.05, 0) is 81.2 Å². The first kappa shape index (κ1) is 57.1. The van der Waals surface area contributed by atoms with Crippen molar-refractivity contribution < 1.29 is 63.6 Å². The van der Waals surface area contributed by atoms with Crippen LogP contribution in [-0.4, -0.2) is 103 Å². The third kappa shape index (κ3) is 21.4. The fourth-order valence-electron chi connectivity index (χ4n) is 6.97. The Kier molecular flexibility index (Phi) is 21.4. The molecule has 0 aliphatic carbocycles. The van der Waals surface area contributed by atoms with Gasteiger partial charge in [-0.25, -0.2) is 0 Å². The van der Waals surface area contributed by atoms with Gasteiger partial charge in [0.2, 0.25) is 0 Å². The van der Waals surface area contributed by atoms with Crippen LogP contribution < -0.4 is 0 Å². The first-order valence-electron chi connectivity index (χ1n) is 21.9. The summed E-state index contributed by atoms with van der Waals surface area (Å²) in [5.41, 5.74) is 2.03. The number of aldehydes is 1. The maximum absolute atomic E-state index is 13.6. The van der Waals surface area contributed by atoms with E-state index < -0.39 is 78.9 Å². The lowest BCUT2D eigenvalue weighted by molar-refractivity contribution is -0.149. The van der Waals surface area contributed by atoms with Gasteiger partial charge in [-0.2, -0.15) is 26.3 Å². The molecule has 0 fully saturated rings. The van der Waals surface area contributed by atoms with E-state index in [1.54, 1.807) is 18.2 Å². The van der Waals surface area contributed by atoms with Gasteiger partial charge in [-0.3, -0.25) is 4.79 Å². The summed E-state index contributed by atoms with van der Waals surface area (Å²) in [7, 11) is -10.3. The first-order chi connectivity index (χ1) is 28.6. The minimum absolute atomic E-state index is 0.0295. The van der Waals surface area contributed by atoms with E-state index in [0.29, 0.717) is 32.3 Å². The van der Waals surface area contributed by atoms with Crippen LogP contribution in [0.1, 0.15) is 100 Å². The second kappa shape index (κ2) is 23.6. The van der Waals surface area contributed by atoms with Crippen molar-refractivity contribution in [3.63, 3.8) is 0 Å². The Morgan fingerprint density at radius 1 is 0.952 bits per heavy atom. The van der Waals surface area contributed by atoms with Crippen LogP contribution in [0.15, 0.2) is 60.3 Å². The number of ether oxygens (including phenoxy) is 3. The van der Waals surface area contributed by atoms with Gasteiger partial charge in [0.25, 0.3) is 0 Å². The Hall–Kier alpha value is -2.08. The standard InChI is InChI=1S/C46H75F6O8PSi2/c1-33-23-25-56-37(27-33)20-21-41(60-63(12,13)44(7,8)9)40(58-42(54)30-61(55,31-45(47,48)49)32-46(50,51)52)19-15-18-39(59-62(10,11)43(4,5)6)29-35(3)26-34(2)28-38-17-14-16-36(57-38)22-24-53/h14-16,18,20-21,23-24,34,36-41H,3,17,19,22,25-32H2,1-2,4-13H3. The zero-order chi connectivity index (χ0) is 48.2. The number of halogens is 6. The van der Waals surface area contributed by atoms with E-state index >= 15 is 0 Å². The van der Waals surface area contributed by atoms with Crippen LogP contribution in [0.5, 0.6) is 0 Å². The van der Waals surface area contributed by atoms with Crippen molar-refractivity contribution in [2.24, 2.45) is 5.92 Å². The van der Waals surface area contributed by atoms with E-state index in [9.17, 15) is 40.5 Å². The Morgan fingerprint density at radius 2 is 1.54 bits per heavy atom. The predicted octanol–water partition coefficient (Wildman–Crippen LogP) is 13.1. The highest BCUT2D eigenvalue weighted by molar-refractivity contribution is 7.65. The molecule has 7 unspecified atom stereocenters. The second-order valence-corrected chi connectivity index (χ2v) is 33.2. The molecule has 2 aliphatic heterocycles. The zero-order valence-electron chi connectivity index (χ0n) is 39.6. The Labute approximate surface area is 375 Å². The maximum Gasteiger partial charge on any atom is 0.395 e. The van der Waals surface area contributed by atoms with Gasteiger partial charge >= 0.3 is 18.3 Å². The number of carbonyl (C=O) groups excluding carboxylic acids is 2. The van der Waals surface area contributed by atoms with Crippen molar-refractivity contribution in [1.29, 1.82) is 0 Å². The van der Waals surface area contributed by atoms with Gasteiger partial charge in [0.1, 0.15) is 25.6 Å². The van der Waals surface area contributed by atoms with Crippen LogP contribution in [0.4, 0.5) is 26.3 Å². The highest BCUT2D eigenvalue weighted by Gasteiger charge is 2.48. The summed E-state index contributed by atoms with van der Waals surface area (Å²) in [6, 6.07) is 0. The van der Waals surface area contributed by atoms with E-state index in [4.69, 9.17) is 23.1 Å². The molecule has 2 heterocycles. The molecule has 2 rings (SSSR count). The molecular weight excluding hydrogens is 882 g/mol. The number of rotatable bonds is 23. The summed E-state index contributed by atoms with van der Waals surface area (Å²) in [5, 5.41) is -0.520. The number of alkyl halides is 6. The molecule has 7 atom stereocenters. The van der Waals surface area contributed by atoms with E-state index in [2.05, 4.69) is 47.4 Å². The summed E-state index contributed by atoms with van der Waals surface area (Å²) in [6.45, 7) is 29.4. The van der Waals surface area contributed by atoms with Crippen molar-refractivity contribution in [2.75, 3.05) is 25.1 Å². The fraction of sp³-hybridized carbons (Fsp3) is 0.739. The van der Waals surface area contributed by atoms with Crippen LogP contribution in [0, 0.1) is 5.92 Å². The number of hydrogen-bond acceptors (Lipinski definition) is 8. The van der Waals surface area contributed by atoms with Gasteiger partial charge in [-0.1, -0.05) is 109 Å². The average molecular weight is 957 g/mol. The van der Waals surface area contributed by atoms with Crippen molar-refractivity contribution in [3.05, 3.63) is 60.3 Å². The molecule has 0 aromatic rings. The van der Waals surface area contributed by atoms with Crippen LogP contribution >= 0.6 is 7.14 Å². The van der Waals surface area contributed by atoms with Crippen molar-refractivity contribution in [3.8, 4) is 0 Å². The Balaban J connectivity index is 2.57. The molecule has 0 aromatic carbocycles. The van der Waals surface area contributed by atoms with Crippen LogP contribution in [0.2, 0.25) is 36.3 Å². The van der Waals surface area contributed by atoms with Gasteiger partial charge in [-0.15, -0.1) is 0 Å². The number of carbonyl (C=O) groups is 2. The maximum atomic E-state index is 13.6. The molecule has 0 bridgehead atoms. The minimum Gasteiger partial charge on any atom is -0.459 e. The third-order valence-corrected chi connectivity index (χ3v) is 23.9. The van der Waals surface area contributed by atoms with Crippen LogP contribution in [-0.2, 0) is 37.2 Å². The molecule has 0 spiro atoms. The molecule has 63 heavy (non-hydrogen) atoms. The normalized spacial score (nSPS) is 21.9. The van der Waals surface area contributed by atoms with Gasteiger partial charge in [0.15, 0.2) is 16.6 Å². The molecule has 0 aromatic heterocycles. The molecular formula is C46H75F6O8PSi2. The number of esters is 1. The minimum atomic E-state index is -5.21. The second-order valence-electron chi connectivity index (χ2n) is 20.6. The molecule has 362 valence electrons. The molecule has 0 radical (unpaired) electrons. The molecule has 0 N–H and O–H groups in total. The lowest BCUT2D eigenvalue weighted by Crippen LogP contribution is -2.47. The van der Waals surface area contributed by atoms with E-state index in [-0.39, 0.29) is 40.7 Å². The van der Waals surface area contributed by atoms with E-state index in [1.807, 2.05) is 65.1 Å². The lowest BCUT2D eigenvalue weighted by Gasteiger charge is -2.40. The van der Waals surface area contributed by atoms with Crippen molar-refractivity contribution in [1.82, 2.24) is 0 Å². The summed E-state index contributed by atoms with van der Waals surface area (Å²) in [6.07, 6.45) is -2.55. The van der Waals surface area contributed by atoms with Crippen LogP contribution in [0.25, 0.3) is 0 Å². The van der Waals surface area contributed by atoms with E-state index in [0.717, 1.165) is 30.3 Å². The summed E-state index contributed by atoms with van der Waals surface area (Å²) in [5.74, 6) is -1.24. The number of hydrogen-bond donors (Lipinski definition) is 0. The SMILES string of the molecule is C=C(CC(C)CC1CC=CC(CC=O)O1)CC(C=CCC(OC(=O)CP(=O)(CC(F)(F)F)CC(F)(F)F)C(C=CC1CC(C)=CCO1)O[Si](C)(C)C(C)(C)C)O[Si](C)(C)C(C)(C)C.